The fourth-order valence-electron chi connectivity index (χ4n) is 4.07. The van der Waals surface area contributed by atoms with Crippen molar-refractivity contribution in [1.29, 1.82) is 0 Å². The van der Waals surface area contributed by atoms with Gasteiger partial charge in [0.2, 0.25) is 11.4 Å². The van der Waals surface area contributed by atoms with Crippen molar-refractivity contribution >= 4 is 35.5 Å². The van der Waals surface area contributed by atoms with Crippen LogP contribution in [0, 0.1) is 17.5 Å². The molecule has 3 rings (SSSR count). The van der Waals surface area contributed by atoms with Crippen molar-refractivity contribution in [2.45, 2.75) is 48.5 Å². The van der Waals surface area contributed by atoms with Gasteiger partial charge in [-0.1, -0.05) is 0 Å². The minimum atomic E-state index is -2.22. The number of nitrogens with zero attached hydrogens (tertiary/aromatic N) is 1. The van der Waals surface area contributed by atoms with E-state index < -0.39 is 81.4 Å². The van der Waals surface area contributed by atoms with E-state index >= 15 is 0 Å². The van der Waals surface area contributed by atoms with Crippen molar-refractivity contribution in [3.63, 3.8) is 0 Å². The van der Waals surface area contributed by atoms with Gasteiger partial charge >= 0.3 is 11.9 Å². The molecule has 1 aromatic rings. The van der Waals surface area contributed by atoms with Crippen molar-refractivity contribution in [1.82, 2.24) is 10.2 Å². The fourth-order valence-corrected chi connectivity index (χ4v) is 5.75. The van der Waals surface area contributed by atoms with Crippen LogP contribution in [0.3, 0.4) is 0 Å². The first-order valence-corrected chi connectivity index (χ1v) is 10.2. The summed E-state index contributed by atoms with van der Waals surface area (Å²) in [5.41, 5.74) is 2.46. The number of nitrogens with two attached hydrogens (primary N) is 1. The number of β-lactam (4-membered cyclic amide) rings is 1. The van der Waals surface area contributed by atoms with Crippen molar-refractivity contribution in [3.05, 3.63) is 34.6 Å². The number of methoxy groups -OCH3 is 1. The number of carbonyl (C=O) groups is 4. The first kappa shape index (κ1) is 23.9. The zero-order chi connectivity index (χ0) is 24.2. The Morgan fingerprint density at radius 1 is 1.28 bits per heavy atom. The van der Waals surface area contributed by atoms with Crippen LogP contribution in [0.4, 0.5) is 13.2 Å². The lowest BCUT2D eigenvalue weighted by atomic mass is 9.84. The standard InChI is InChI=1S/C19H20F3N3O6S/c1-18(2)13(14(27)28)25-15(29)19(16(25)32-18,17(30)31-3)24-10(26)5-7-4-9(20)12(22)11(21)8(7)6-23/h4,13,16H,5-6,23H2,1-3H3,(H,24,26)(H,27,28)/t13-,16+,19-/m0/s1. The van der Waals surface area contributed by atoms with Crippen LogP contribution in [0.1, 0.15) is 25.0 Å². The molecule has 1 aromatic carbocycles. The first-order chi connectivity index (χ1) is 14.8. The smallest absolute Gasteiger partial charge is 0.344 e. The van der Waals surface area contributed by atoms with E-state index in [2.05, 4.69) is 5.32 Å². The van der Waals surface area contributed by atoms with Gasteiger partial charge in [0, 0.05) is 16.9 Å². The molecule has 32 heavy (non-hydrogen) atoms. The second kappa shape index (κ2) is 7.96. The molecule has 0 aliphatic carbocycles. The molecule has 2 amide bonds. The predicted octanol–water partition coefficient (Wildman–Crippen LogP) is 0.280. The number of carboxylic acid groups (broad SMARTS) is 1. The van der Waals surface area contributed by atoms with Crippen molar-refractivity contribution in [2.75, 3.05) is 7.11 Å². The maximum atomic E-state index is 14.0. The van der Waals surface area contributed by atoms with Gasteiger partial charge in [-0.15, -0.1) is 11.8 Å². The number of fused-ring (bicyclic) bond motifs is 1. The van der Waals surface area contributed by atoms with Gasteiger partial charge in [0.05, 0.1) is 13.5 Å². The van der Waals surface area contributed by atoms with Gasteiger partial charge < -0.3 is 25.8 Å². The van der Waals surface area contributed by atoms with Gasteiger partial charge in [-0.3, -0.25) is 9.59 Å². The molecule has 2 aliphatic rings. The zero-order valence-corrected chi connectivity index (χ0v) is 18.0. The summed E-state index contributed by atoms with van der Waals surface area (Å²) in [7, 11) is 0.989. The molecule has 2 fully saturated rings. The highest BCUT2D eigenvalue weighted by Crippen LogP contribution is 2.55. The van der Waals surface area contributed by atoms with E-state index in [1.54, 1.807) is 13.8 Å². The molecule has 174 valence electrons. The van der Waals surface area contributed by atoms with Crippen LogP contribution in [0.2, 0.25) is 0 Å². The van der Waals surface area contributed by atoms with Crippen LogP contribution in [0.25, 0.3) is 0 Å². The van der Waals surface area contributed by atoms with E-state index in [-0.39, 0.29) is 5.56 Å². The minimum absolute atomic E-state index is 0.270. The summed E-state index contributed by atoms with van der Waals surface area (Å²) < 4.78 is 44.8. The highest BCUT2D eigenvalue weighted by Gasteiger charge is 2.76. The van der Waals surface area contributed by atoms with Gasteiger partial charge in [-0.05, 0) is 25.5 Å². The topological polar surface area (TPSA) is 139 Å². The lowest BCUT2D eigenvalue weighted by Gasteiger charge is -2.50. The lowest BCUT2D eigenvalue weighted by Crippen LogP contribution is -2.82. The molecule has 0 spiro atoms. The number of esters is 1. The van der Waals surface area contributed by atoms with E-state index in [0.717, 1.165) is 23.8 Å². The summed E-state index contributed by atoms with van der Waals surface area (Å²) in [6.45, 7) is 2.61. The van der Waals surface area contributed by atoms with Crippen LogP contribution in [0.5, 0.6) is 0 Å². The van der Waals surface area contributed by atoms with E-state index in [1.807, 2.05) is 0 Å². The average molecular weight is 475 g/mol. The normalized spacial score (nSPS) is 25.7. The molecule has 9 nitrogen and oxygen atoms in total. The highest BCUT2D eigenvalue weighted by molar-refractivity contribution is 8.01. The summed E-state index contributed by atoms with van der Waals surface area (Å²) in [5, 5.41) is 10.7. The molecule has 2 saturated heterocycles. The molecule has 13 heteroatoms. The number of thioether (sulfide) groups is 1. The number of benzene rings is 1. The van der Waals surface area contributed by atoms with Crippen LogP contribution in [-0.2, 0) is 36.9 Å². The number of carbonyl (C=O) groups excluding carboxylic acids is 3. The number of carboxylic acids is 1. The molecule has 2 aliphatic heterocycles. The Balaban J connectivity index is 1.94. The molecular formula is C19H20F3N3O6S. The van der Waals surface area contributed by atoms with Crippen LogP contribution in [0.15, 0.2) is 6.07 Å². The van der Waals surface area contributed by atoms with Gasteiger partial charge in [-0.25, -0.2) is 22.8 Å². The molecule has 3 atom stereocenters. The Labute approximate surface area is 184 Å². The number of hydrogen-bond acceptors (Lipinski definition) is 7. The highest BCUT2D eigenvalue weighted by atomic mass is 32.2. The third-order valence-electron chi connectivity index (χ3n) is 5.54. The Bertz CT molecular complexity index is 1040. The molecule has 0 radical (unpaired) electrons. The average Bonchev–Trinajstić information content (AvgIpc) is 2.98. The Morgan fingerprint density at radius 2 is 1.91 bits per heavy atom. The van der Waals surface area contributed by atoms with Crippen LogP contribution in [-0.4, -0.2) is 62.6 Å². The summed E-state index contributed by atoms with van der Waals surface area (Å²) in [6, 6.07) is -0.655. The van der Waals surface area contributed by atoms with Crippen molar-refractivity contribution < 1.29 is 42.2 Å². The largest absolute Gasteiger partial charge is 0.480 e. The predicted molar refractivity (Wildman–Crippen MR) is 105 cm³/mol. The van der Waals surface area contributed by atoms with Gasteiger partial charge in [-0.2, -0.15) is 0 Å². The summed E-state index contributed by atoms with van der Waals surface area (Å²) >= 11 is 0.990. The molecule has 0 bridgehead atoms. The number of nitrogens with one attached hydrogen (secondary N) is 1. The van der Waals surface area contributed by atoms with Crippen LogP contribution < -0.4 is 11.1 Å². The summed E-state index contributed by atoms with van der Waals surface area (Å²) in [4.78, 5) is 51.0. The van der Waals surface area contributed by atoms with Crippen LogP contribution >= 0.6 is 11.8 Å². The SMILES string of the molecule is COC(=O)[C@]1(NC(=O)Cc2cc(F)c(F)c(F)c2CN)C(=O)N2[C@@H](C(=O)O)C(C)(C)S[C@@H]21. The number of ether oxygens (including phenoxy) is 1. The minimum Gasteiger partial charge on any atom is -0.480 e. The third kappa shape index (κ3) is 3.30. The fraction of sp³-hybridized carbons (Fsp3) is 0.474. The Kier molecular flexibility index (Phi) is 5.93. The first-order valence-electron chi connectivity index (χ1n) is 9.31. The summed E-state index contributed by atoms with van der Waals surface area (Å²) in [5.74, 6) is -9.20. The summed E-state index contributed by atoms with van der Waals surface area (Å²) in [6.07, 6.45) is -0.726. The van der Waals surface area contributed by atoms with E-state index in [1.165, 1.54) is 0 Å². The number of rotatable bonds is 6. The Hall–Kier alpha value is -2.80. The number of hydrogen-bond donors (Lipinski definition) is 3. The van der Waals surface area contributed by atoms with Gasteiger partial charge in [0.25, 0.3) is 5.91 Å². The number of halogens is 3. The molecule has 2 heterocycles. The van der Waals surface area contributed by atoms with E-state index in [4.69, 9.17) is 10.5 Å². The second-order valence-corrected chi connectivity index (χ2v) is 9.61. The molecule has 0 aromatic heterocycles. The van der Waals surface area contributed by atoms with E-state index in [9.17, 15) is 37.5 Å². The maximum Gasteiger partial charge on any atom is 0.344 e. The number of amides is 2. The molecule has 0 unspecified atom stereocenters. The molecular weight excluding hydrogens is 455 g/mol. The monoisotopic (exact) mass is 475 g/mol. The zero-order valence-electron chi connectivity index (χ0n) is 17.2. The Morgan fingerprint density at radius 3 is 2.44 bits per heavy atom. The third-order valence-corrected chi connectivity index (χ3v) is 7.17. The van der Waals surface area contributed by atoms with Crippen molar-refractivity contribution in [2.24, 2.45) is 5.73 Å². The lowest BCUT2D eigenvalue weighted by molar-refractivity contribution is -0.180. The quantitative estimate of drug-likeness (QED) is 0.231. The van der Waals surface area contributed by atoms with E-state index in [0.29, 0.717) is 6.07 Å². The maximum absolute atomic E-state index is 14.0. The van der Waals surface area contributed by atoms with Gasteiger partial charge in [0.1, 0.15) is 11.4 Å². The molecule has 4 N–H and O–H groups in total. The number of aliphatic carboxylic acids is 1. The van der Waals surface area contributed by atoms with Crippen molar-refractivity contribution in [3.8, 4) is 0 Å². The molecule has 0 saturated carbocycles. The second-order valence-electron chi connectivity index (χ2n) is 7.88. The van der Waals surface area contributed by atoms with Gasteiger partial charge in [0.15, 0.2) is 17.5 Å².